The Labute approximate surface area is 193 Å². The molecule has 3 rings (SSSR count). The van der Waals surface area contributed by atoms with Gasteiger partial charge in [0, 0.05) is 24.7 Å². The van der Waals surface area contributed by atoms with Gasteiger partial charge < -0.3 is 24.4 Å². The first-order valence-corrected chi connectivity index (χ1v) is 11.2. The first-order chi connectivity index (χ1) is 16.0. The molecule has 2 aromatic carbocycles. The molecule has 2 amide bonds. The molecule has 2 aromatic rings. The van der Waals surface area contributed by atoms with Gasteiger partial charge in [-0.05, 0) is 62.1 Å². The van der Waals surface area contributed by atoms with Crippen LogP contribution >= 0.6 is 0 Å². The summed E-state index contributed by atoms with van der Waals surface area (Å²) in [6.45, 7) is 5.03. The number of benzene rings is 2. The highest BCUT2D eigenvalue weighted by Crippen LogP contribution is 2.19. The van der Waals surface area contributed by atoms with Gasteiger partial charge >= 0.3 is 6.16 Å². The molecule has 0 saturated carbocycles. The molecule has 0 aliphatic carbocycles. The number of carbonyl (C=O) groups excluding carboxylic acids is 3. The number of para-hydroxylation sites is 1. The molecular formula is C25H30N2O6. The first kappa shape index (κ1) is 24.1. The molecule has 0 aromatic heterocycles. The van der Waals surface area contributed by atoms with E-state index in [1.165, 1.54) is 0 Å². The summed E-state index contributed by atoms with van der Waals surface area (Å²) in [4.78, 5) is 38.2. The number of rotatable bonds is 8. The predicted molar refractivity (Wildman–Crippen MR) is 122 cm³/mol. The number of amides is 2. The number of likely N-dealkylation sites (tertiary alicyclic amines) is 1. The van der Waals surface area contributed by atoms with Gasteiger partial charge in [0.25, 0.3) is 11.8 Å². The number of carbonyl (C=O) groups is 3. The monoisotopic (exact) mass is 454 g/mol. The second-order valence-electron chi connectivity index (χ2n) is 7.69. The number of nitrogens with one attached hydrogen (secondary N) is 1. The standard InChI is InChI=1S/C25H30N2O6/c1-3-18-7-5-6-8-22(18)32-17-23(28)26-20-13-15-27(16-14-20)24(29)19-9-11-21(12-10-19)33-25(30)31-4-2/h5-12,20H,3-4,13-17H2,1-2H3,(H,26,28). The molecule has 0 radical (unpaired) electrons. The van der Waals surface area contributed by atoms with Crippen LogP contribution < -0.4 is 14.8 Å². The van der Waals surface area contributed by atoms with Crippen molar-refractivity contribution >= 4 is 18.0 Å². The third-order valence-electron chi connectivity index (χ3n) is 5.42. The summed E-state index contributed by atoms with van der Waals surface area (Å²) >= 11 is 0. The van der Waals surface area contributed by atoms with Crippen LogP contribution in [0.1, 0.15) is 42.6 Å². The Kier molecular flexibility index (Phi) is 8.69. The van der Waals surface area contributed by atoms with Gasteiger partial charge in [-0.25, -0.2) is 4.79 Å². The lowest BCUT2D eigenvalue weighted by molar-refractivity contribution is -0.124. The van der Waals surface area contributed by atoms with E-state index in [0.717, 1.165) is 17.7 Å². The number of hydrogen-bond donors (Lipinski definition) is 1. The van der Waals surface area contributed by atoms with Gasteiger partial charge in [0.1, 0.15) is 11.5 Å². The third-order valence-corrected chi connectivity index (χ3v) is 5.42. The van der Waals surface area contributed by atoms with Crippen LogP contribution in [-0.2, 0) is 16.0 Å². The molecule has 1 aliphatic rings. The maximum absolute atomic E-state index is 12.8. The van der Waals surface area contributed by atoms with E-state index in [4.69, 9.17) is 14.2 Å². The summed E-state index contributed by atoms with van der Waals surface area (Å²) in [5, 5.41) is 3.00. The molecule has 1 N–H and O–H groups in total. The molecule has 1 heterocycles. The van der Waals surface area contributed by atoms with Crippen LogP contribution in [0.3, 0.4) is 0 Å². The van der Waals surface area contributed by atoms with Gasteiger partial charge in [0.2, 0.25) is 0 Å². The lowest BCUT2D eigenvalue weighted by Crippen LogP contribution is -2.47. The van der Waals surface area contributed by atoms with E-state index in [-0.39, 0.29) is 31.1 Å². The molecule has 1 fully saturated rings. The smallest absolute Gasteiger partial charge is 0.483 e. The zero-order valence-electron chi connectivity index (χ0n) is 19.0. The summed E-state index contributed by atoms with van der Waals surface area (Å²) in [6, 6.07) is 14.1. The Hall–Kier alpha value is -3.55. The zero-order valence-corrected chi connectivity index (χ0v) is 19.0. The average molecular weight is 455 g/mol. The van der Waals surface area contributed by atoms with E-state index in [2.05, 4.69) is 5.32 Å². The number of piperidine rings is 1. The summed E-state index contributed by atoms with van der Waals surface area (Å²) < 4.78 is 15.4. The minimum atomic E-state index is -0.777. The second kappa shape index (κ2) is 11.9. The Balaban J connectivity index is 1.43. The van der Waals surface area contributed by atoms with Crippen molar-refractivity contribution in [2.45, 2.75) is 39.2 Å². The van der Waals surface area contributed by atoms with Crippen LogP contribution in [0.15, 0.2) is 48.5 Å². The molecule has 1 aliphatic heterocycles. The van der Waals surface area contributed by atoms with Crippen LogP contribution in [-0.4, -0.2) is 55.2 Å². The highest BCUT2D eigenvalue weighted by Gasteiger charge is 2.25. The van der Waals surface area contributed by atoms with Crippen molar-refractivity contribution in [2.24, 2.45) is 0 Å². The molecule has 0 spiro atoms. The fourth-order valence-corrected chi connectivity index (χ4v) is 3.67. The van der Waals surface area contributed by atoms with Gasteiger partial charge in [0.15, 0.2) is 6.61 Å². The van der Waals surface area contributed by atoms with Crippen molar-refractivity contribution in [1.82, 2.24) is 10.2 Å². The Morgan fingerprint density at radius 1 is 1.00 bits per heavy atom. The fourth-order valence-electron chi connectivity index (χ4n) is 3.67. The molecular weight excluding hydrogens is 424 g/mol. The summed E-state index contributed by atoms with van der Waals surface area (Å²) in [5.41, 5.74) is 1.58. The van der Waals surface area contributed by atoms with Gasteiger partial charge in [-0.15, -0.1) is 0 Å². The van der Waals surface area contributed by atoms with Crippen molar-refractivity contribution in [3.8, 4) is 11.5 Å². The van der Waals surface area contributed by atoms with E-state index in [1.54, 1.807) is 36.1 Å². The molecule has 176 valence electrons. The largest absolute Gasteiger partial charge is 0.513 e. The van der Waals surface area contributed by atoms with Crippen LogP contribution in [0.5, 0.6) is 11.5 Å². The molecule has 8 heteroatoms. The van der Waals surface area contributed by atoms with Crippen molar-refractivity contribution in [3.63, 3.8) is 0 Å². The molecule has 33 heavy (non-hydrogen) atoms. The number of hydrogen-bond acceptors (Lipinski definition) is 6. The van der Waals surface area contributed by atoms with Gasteiger partial charge in [0.05, 0.1) is 6.61 Å². The Bertz CT molecular complexity index is 952. The quantitative estimate of drug-likeness (QED) is 0.484. The third kappa shape index (κ3) is 6.97. The number of aryl methyl sites for hydroxylation is 1. The Morgan fingerprint density at radius 2 is 1.70 bits per heavy atom. The summed E-state index contributed by atoms with van der Waals surface area (Å²) in [5.74, 6) is 0.786. The summed E-state index contributed by atoms with van der Waals surface area (Å²) in [6.07, 6.45) is 1.41. The van der Waals surface area contributed by atoms with E-state index in [0.29, 0.717) is 37.2 Å². The first-order valence-electron chi connectivity index (χ1n) is 11.2. The number of ether oxygens (including phenoxy) is 3. The predicted octanol–water partition coefficient (Wildman–Crippen LogP) is 3.58. The van der Waals surface area contributed by atoms with Crippen LogP contribution in [0.25, 0.3) is 0 Å². The molecule has 0 bridgehead atoms. The maximum atomic E-state index is 12.8. The topological polar surface area (TPSA) is 94.2 Å². The van der Waals surface area contributed by atoms with Crippen molar-refractivity contribution in [2.75, 3.05) is 26.3 Å². The normalized spacial score (nSPS) is 13.8. The van der Waals surface area contributed by atoms with E-state index < -0.39 is 6.16 Å². The number of nitrogens with zero attached hydrogens (tertiary/aromatic N) is 1. The lowest BCUT2D eigenvalue weighted by atomic mass is 10.0. The average Bonchev–Trinajstić information content (AvgIpc) is 2.83. The van der Waals surface area contributed by atoms with Crippen LogP contribution in [0, 0.1) is 0 Å². The van der Waals surface area contributed by atoms with Crippen molar-refractivity contribution in [1.29, 1.82) is 0 Å². The lowest BCUT2D eigenvalue weighted by Gasteiger charge is -2.32. The zero-order chi connectivity index (χ0) is 23.6. The SMILES string of the molecule is CCOC(=O)Oc1ccc(C(=O)N2CCC(NC(=O)COc3ccccc3CC)CC2)cc1. The minimum absolute atomic E-state index is 0.00641. The molecule has 8 nitrogen and oxygen atoms in total. The van der Waals surface area contributed by atoms with Gasteiger partial charge in [-0.2, -0.15) is 0 Å². The molecule has 0 unspecified atom stereocenters. The Morgan fingerprint density at radius 3 is 2.36 bits per heavy atom. The second-order valence-corrected chi connectivity index (χ2v) is 7.69. The van der Waals surface area contributed by atoms with E-state index in [9.17, 15) is 14.4 Å². The van der Waals surface area contributed by atoms with Crippen LogP contribution in [0.4, 0.5) is 4.79 Å². The maximum Gasteiger partial charge on any atom is 0.513 e. The van der Waals surface area contributed by atoms with Crippen molar-refractivity contribution < 1.29 is 28.6 Å². The molecule has 0 atom stereocenters. The van der Waals surface area contributed by atoms with Gasteiger partial charge in [-0.3, -0.25) is 9.59 Å². The van der Waals surface area contributed by atoms with Crippen LogP contribution in [0.2, 0.25) is 0 Å². The summed E-state index contributed by atoms with van der Waals surface area (Å²) in [7, 11) is 0. The minimum Gasteiger partial charge on any atom is -0.483 e. The van der Waals surface area contributed by atoms with Crippen molar-refractivity contribution in [3.05, 3.63) is 59.7 Å². The van der Waals surface area contributed by atoms with E-state index >= 15 is 0 Å². The fraction of sp³-hybridized carbons (Fsp3) is 0.400. The highest BCUT2D eigenvalue weighted by molar-refractivity contribution is 5.94. The van der Waals surface area contributed by atoms with E-state index in [1.807, 2.05) is 31.2 Å². The highest BCUT2D eigenvalue weighted by atomic mass is 16.7. The molecule has 1 saturated heterocycles. The van der Waals surface area contributed by atoms with Gasteiger partial charge in [-0.1, -0.05) is 25.1 Å².